The van der Waals surface area contributed by atoms with Crippen LogP contribution >= 0.6 is 15.9 Å². The van der Waals surface area contributed by atoms with Crippen LogP contribution in [0.1, 0.15) is 5.56 Å². The maximum absolute atomic E-state index is 13.0. The number of hydrogen-bond donors (Lipinski definition) is 1. The smallest absolute Gasteiger partial charge is 0.219 e. The minimum absolute atomic E-state index is 0.359. The molecule has 2 aromatic rings. The zero-order valence-corrected chi connectivity index (χ0v) is 10.4. The molecule has 1 aromatic carbocycles. The molecule has 0 aliphatic rings. The van der Waals surface area contributed by atoms with Gasteiger partial charge in [-0.2, -0.15) is 0 Å². The van der Waals surface area contributed by atoms with E-state index in [9.17, 15) is 4.39 Å². The Labute approximate surface area is 107 Å². The number of hydrogen-bond acceptors (Lipinski definition) is 3. The molecule has 3 nitrogen and oxygen atoms in total. The summed E-state index contributed by atoms with van der Waals surface area (Å²) >= 11 is 3.28. The zero-order chi connectivity index (χ0) is 12.3. The first-order valence-corrected chi connectivity index (χ1v) is 5.76. The van der Waals surface area contributed by atoms with Crippen molar-refractivity contribution in [2.24, 2.45) is 5.73 Å². The van der Waals surface area contributed by atoms with E-state index in [1.54, 1.807) is 18.3 Å². The Hall–Kier alpha value is -1.46. The number of nitrogens with zero attached hydrogens (tertiary/aromatic N) is 1. The van der Waals surface area contributed by atoms with Crippen LogP contribution in [-0.2, 0) is 6.54 Å². The van der Waals surface area contributed by atoms with Gasteiger partial charge in [-0.15, -0.1) is 0 Å². The van der Waals surface area contributed by atoms with Crippen LogP contribution in [0.3, 0.4) is 0 Å². The largest absolute Gasteiger partial charge is 0.438 e. The van der Waals surface area contributed by atoms with Gasteiger partial charge in [-0.1, -0.05) is 6.07 Å². The molecular weight excluding hydrogens is 287 g/mol. The topological polar surface area (TPSA) is 48.1 Å². The number of halogens is 2. The molecule has 0 spiro atoms. The van der Waals surface area contributed by atoms with Crippen molar-refractivity contribution >= 4 is 15.9 Å². The quantitative estimate of drug-likeness (QED) is 0.946. The second-order valence-corrected chi connectivity index (χ2v) is 4.24. The molecule has 0 amide bonds. The predicted molar refractivity (Wildman–Crippen MR) is 66.3 cm³/mol. The van der Waals surface area contributed by atoms with Crippen LogP contribution in [0, 0.1) is 5.82 Å². The molecular formula is C12H10BrFN2O. The fraction of sp³-hybridized carbons (Fsp3) is 0.0833. The summed E-state index contributed by atoms with van der Waals surface area (Å²) in [6, 6.07) is 7.73. The summed E-state index contributed by atoms with van der Waals surface area (Å²) in [4.78, 5) is 4.07. The van der Waals surface area contributed by atoms with Crippen LogP contribution in [-0.4, -0.2) is 4.98 Å². The second-order valence-electron chi connectivity index (χ2n) is 3.39. The van der Waals surface area contributed by atoms with Crippen molar-refractivity contribution in [1.82, 2.24) is 4.98 Å². The summed E-state index contributed by atoms with van der Waals surface area (Å²) < 4.78 is 19.2. The Kier molecular flexibility index (Phi) is 3.71. The van der Waals surface area contributed by atoms with E-state index in [4.69, 9.17) is 10.5 Å². The third kappa shape index (κ3) is 3.01. The minimum atomic E-state index is -0.359. The number of aromatic nitrogens is 1. The molecule has 17 heavy (non-hydrogen) atoms. The number of ether oxygens (including phenoxy) is 1. The highest BCUT2D eigenvalue weighted by atomic mass is 79.9. The second kappa shape index (κ2) is 5.25. The number of pyridine rings is 1. The molecule has 5 heteroatoms. The van der Waals surface area contributed by atoms with Crippen molar-refractivity contribution in [3.63, 3.8) is 0 Å². The van der Waals surface area contributed by atoms with Crippen LogP contribution < -0.4 is 10.5 Å². The van der Waals surface area contributed by atoms with E-state index in [-0.39, 0.29) is 5.82 Å². The standard InChI is InChI=1S/C12H10BrFN2O/c13-10-3-2-9(14)5-11(10)17-12-4-1-8(6-15)7-16-12/h1-5,7H,6,15H2. The van der Waals surface area contributed by atoms with E-state index >= 15 is 0 Å². The maximum Gasteiger partial charge on any atom is 0.219 e. The van der Waals surface area contributed by atoms with Crippen LogP contribution in [0.5, 0.6) is 11.6 Å². The van der Waals surface area contributed by atoms with Gasteiger partial charge in [-0.25, -0.2) is 9.37 Å². The molecule has 2 N–H and O–H groups in total. The first-order chi connectivity index (χ1) is 8.19. The first kappa shape index (κ1) is 12.0. The van der Waals surface area contributed by atoms with E-state index in [0.29, 0.717) is 22.6 Å². The molecule has 0 aliphatic heterocycles. The Morgan fingerprint density at radius 3 is 2.76 bits per heavy atom. The van der Waals surface area contributed by atoms with Gasteiger partial charge in [0.1, 0.15) is 11.6 Å². The molecule has 88 valence electrons. The molecule has 0 atom stereocenters. The predicted octanol–water partition coefficient (Wildman–Crippen LogP) is 3.23. The van der Waals surface area contributed by atoms with Crippen molar-refractivity contribution in [1.29, 1.82) is 0 Å². The molecule has 1 aromatic heterocycles. The molecule has 2 rings (SSSR count). The normalized spacial score (nSPS) is 10.3. The molecule has 0 unspecified atom stereocenters. The fourth-order valence-electron chi connectivity index (χ4n) is 1.26. The van der Waals surface area contributed by atoms with Gasteiger partial charge in [0, 0.05) is 24.9 Å². The SMILES string of the molecule is NCc1ccc(Oc2cc(F)ccc2Br)nc1. The van der Waals surface area contributed by atoms with Gasteiger partial charge in [0.15, 0.2) is 0 Å². The molecule has 0 bridgehead atoms. The molecule has 0 saturated heterocycles. The van der Waals surface area contributed by atoms with Gasteiger partial charge in [0.25, 0.3) is 0 Å². The van der Waals surface area contributed by atoms with Crippen LogP contribution in [0.25, 0.3) is 0 Å². The average Bonchev–Trinajstić information content (AvgIpc) is 2.35. The summed E-state index contributed by atoms with van der Waals surface area (Å²) in [5, 5.41) is 0. The molecule has 0 aliphatic carbocycles. The Morgan fingerprint density at radius 2 is 2.12 bits per heavy atom. The minimum Gasteiger partial charge on any atom is -0.438 e. The van der Waals surface area contributed by atoms with Gasteiger partial charge in [-0.3, -0.25) is 0 Å². The monoisotopic (exact) mass is 296 g/mol. The third-order valence-electron chi connectivity index (χ3n) is 2.14. The number of rotatable bonds is 3. The van der Waals surface area contributed by atoms with E-state index in [1.807, 2.05) is 6.07 Å². The van der Waals surface area contributed by atoms with Crippen LogP contribution in [0.2, 0.25) is 0 Å². The third-order valence-corrected chi connectivity index (χ3v) is 2.80. The lowest BCUT2D eigenvalue weighted by atomic mass is 10.3. The average molecular weight is 297 g/mol. The Balaban J connectivity index is 2.22. The highest BCUT2D eigenvalue weighted by Crippen LogP contribution is 2.29. The Bertz CT molecular complexity index is 516. The summed E-state index contributed by atoms with van der Waals surface area (Å²) in [5.74, 6) is 0.424. The highest BCUT2D eigenvalue weighted by Gasteiger charge is 2.05. The summed E-state index contributed by atoms with van der Waals surface area (Å²) in [5.41, 5.74) is 6.37. The van der Waals surface area contributed by atoms with E-state index in [1.165, 1.54) is 12.1 Å². The van der Waals surface area contributed by atoms with Gasteiger partial charge in [-0.05, 0) is 33.6 Å². The summed E-state index contributed by atoms with van der Waals surface area (Å²) in [6.07, 6.45) is 1.63. The lowest BCUT2D eigenvalue weighted by Crippen LogP contribution is -1.97. The number of nitrogens with two attached hydrogens (primary N) is 1. The molecule has 0 fully saturated rings. The van der Waals surface area contributed by atoms with Gasteiger partial charge in [0.2, 0.25) is 5.88 Å². The van der Waals surface area contributed by atoms with Gasteiger partial charge < -0.3 is 10.5 Å². The molecule has 0 radical (unpaired) electrons. The van der Waals surface area contributed by atoms with E-state index in [2.05, 4.69) is 20.9 Å². The van der Waals surface area contributed by atoms with E-state index in [0.717, 1.165) is 5.56 Å². The van der Waals surface area contributed by atoms with Gasteiger partial charge >= 0.3 is 0 Å². The van der Waals surface area contributed by atoms with Crippen molar-refractivity contribution in [3.05, 3.63) is 52.4 Å². The van der Waals surface area contributed by atoms with Crippen molar-refractivity contribution in [3.8, 4) is 11.6 Å². The molecule has 1 heterocycles. The highest BCUT2D eigenvalue weighted by molar-refractivity contribution is 9.10. The lowest BCUT2D eigenvalue weighted by Gasteiger charge is -2.07. The van der Waals surface area contributed by atoms with Gasteiger partial charge in [0.05, 0.1) is 4.47 Å². The summed E-state index contributed by atoms with van der Waals surface area (Å²) in [6.45, 7) is 0.428. The fourth-order valence-corrected chi connectivity index (χ4v) is 1.59. The molecule has 0 saturated carbocycles. The van der Waals surface area contributed by atoms with Crippen LogP contribution in [0.15, 0.2) is 41.0 Å². The summed E-state index contributed by atoms with van der Waals surface area (Å²) in [7, 11) is 0. The van der Waals surface area contributed by atoms with Crippen LogP contribution in [0.4, 0.5) is 4.39 Å². The lowest BCUT2D eigenvalue weighted by molar-refractivity contribution is 0.455. The maximum atomic E-state index is 13.0. The zero-order valence-electron chi connectivity index (χ0n) is 8.86. The number of benzene rings is 1. The van der Waals surface area contributed by atoms with E-state index < -0.39 is 0 Å². The Morgan fingerprint density at radius 1 is 1.29 bits per heavy atom. The first-order valence-electron chi connectivity index (χ1n) is 4.97. The van der Waals surface area contributed by atoms with Crippen molar-refractivity contribution < 1.29 is 9.13 Å². The van der Waals surface area contributed by atoms with Crippen molar-refractivity contribution in [2.75, 3.05) is 0 Å². The van der Waals surface area contributed by atoms with Crippen molar-refractivity contribution in [2.45, 2.75) is 6.54 Å².